The molecule has 6 aliphatic rings. The molecule has 5 heteroatoms. The number of nitrogens with zero attached hydrogens (tertiary/aromatic N) is 2. The molecule has 1 heterocycles. The van der Waals surface area contributed by atoms with Gasteiger partial charge in [0.25, 0.3) is 0 Å². The van der Waals surface area contributed by atoms with Gasteiger partial charge in [0.1, 0.15) is 0 Å². The second-order valence-corrected chi connectivity index (χ2v) is 15.2. The first-order chi connectivity index (χ1) is 19.7. The highest BCUT2D eigenvalue weighted by molar-refractivity contribution is 4.98. The molecule has 0 amide bonds. The molecule has 0 aromatic carbocycles. The smallest absolute Gasteiger partial charge is 0.0655 e. The molecule has 10 atom stereocenters. The zero-order valence-electron chi connectivity index (χ0n) is 25.2. The lowest BCUT2D eigenvalue weighted by Crippen LogP contribution is -2.72. The van der Waals surface area contributed by atoms with Crippen molar-refractivity contribution in [2.45, 2.75) is 153 Å². The largest absolute Gasteiger partial charge is 0.286 e. The fraction of sp³-hybridized carbons (Fsp3) is 0.943. The standard InChI is InChI=1S/C35H57N5/c36-22-24-8-4-12-27(18-24)29-14-6-16-31(20-29)34-38-33(26-10-2-1-3-11-26)39-35(40-34)32-17-7-15-30(21-32)28-13-5-9-25(19-28)23-37/h24-35,38-40H,1-21H2. The van der Waals surface area contributed by atoms with E-state index in [1.165, 1.54) is 109 Å². The Morgan fingerprint density at radius 2 is 0.700 bits per heavy atom. The molecule has 5 nitrogen and oxygen atoms in total. The van der Waals surface area contributed by atoms with Gasteiger partial charge >= 0.3 is 0 Å². The molecule has 5 saturated carbocycles. The highest BCUT2D eigenvalue weighted by atomic mass is 15.4. The summed E-state index contributed by atoms with van der Waals surface area (Å²) in [7, 11) is 0. The van der Waals surface area contributed by atoms with Crippen LogP contribution in [0.25, 0.3) is 0 Å². The van der Waals surface area contributed by atoms with Crippen molar-refractivity contribution in [3.05, 3.63) is 0 Å². The van der Waals surface area contributed by atoms with Crippen LogP contribution in [0.15, 0.2) is 0 Å². The Morgan fingerprint density at radius 1 is 0.350 bits per heavy atom. The molecule has 6 rings (SSSR count). The van der Waals surface area contributed by atoms with Gasteiger partial charge in [0.05, 0.1) is 30.6 Å². The van der Waals surface area contributed by atoms with Crippen LogP contribution in [0, 0.1) is 75.9 Å². The molecule has 5 aliphatic carbocycles. The summed E-state index contributed by atoms with van der Waals surface area (Å²) in [5.74, 6) is 6.00. The summed E-state index contributed by atoms with van der Waals surface area (Å²) in [5, 5.41) is 31.8. The molecule has 0 aromatic rings. The van der Waals surface area contributed by atoms with Gasteiger partial charge in [-0.05, 0) is 106 Å². The fourth-order valence-electron chi connectivity index (χ4n) is 10.6. The van der Waals surface area contributed by atoms with Crippen LogP contribution in [0.3, 0.4) is 0 Å². The van der Waals surface area contributed by atoms with Crippen LogP contribution in [0.1, 0.15) is 135 Å². The molecule has 0 bridgehead atoms. The highest BCUT2D eigenvalue weighted by Crippen LogP contribution is 2.45. The third-order valence-electron chi connectivity index (χ3n) is 12.8. The van der Waals surface area contributed by atoms with E-state index in [4.69, 9.17) is 0 Å². The number of rotatable bonds is 5. The minimum Gasteiger partial charge on any atom is -0.286 e. The van der Waals surface area contributed by atoms with Crippen LogP contribution in [-0.4, -0.2) is 18.5 Å². The van der Waals surface area contributed by atoms with Gasteiger partial charge in [0.2, 0.25) is 0 Å². The van der Waals surface area contributed by atoms with Crippen molar-refractivity contribution < 1.29 is 0 Å². The first-order valence-corrected chi connectivity index (χ1v) is 17.8. The molecule has 0 spiro atoms. The maximum atomic E-state index is 9.61. The molecule has 10 unspecified atom stereocenters. The zero-order valence-corrected chi connectivity index (χ0v) is 25.2. The van der Waals surface area contributed by atoms with Gasteiger partial charge in [-0.25, -0.2) is 0 Å². The van der Waals surface area contributed by atoms with Crippen LogP contribution < -0.4 is 16.0 Å². The van der Waals surface area contributed by atoms with E-state index in [1.54, 1.807) is 0 Å². The van der Waals surface area contributed by atoms with Crippen molar-refractivity contribution in [1.82, 2.24) is 16.0 Å². The topological polar surface area (TPSA) is 83.7 Å². The summed E-state index contributed by atoms with van der Waals surface area (Å²) in [6.07, 6.45) is 29.0. The van der Waals surface area contributed by atoms with Gasteiger partial charge in [0.15, 0.2) is 0 Å². The lowest BCUT2D eigenvalue weighted by Gasteiger charge is -2.50. The van der Waals surface area contributed by atoms with Crippen molar-refractivity contribution in [2.24, 2.45) is 53.3 Å². The van der Waals surface area contributed by atoms with Gasteiger partial charge in [0, 0.05) is 11.8 Å². The molecule has 3 N–H and O–H groups in total. The van der Waals surface area contributed by atoms with E-state index >= 15 is 0 Å². The summed E-state index contributed by atoms with van der Waals surface area (Å²) in [6, 6.07) is 5.23. The molecule has 0 aromatic heterocycles. The average Bonchev–Trinajstić information content (AvgIpc) is 3.05. The summed E-state index contributed by atoms with van der Waals surface area (Å²) in [5.41, 5.74) is 0. The van der Waals surface area contributed by atoms with Crippen molar-refractivity contribution in [3.63, 3.8) is 0 Å². The SMILES string of the molecule is N#CC1CCCC(C2CCCC(C3NC(C4CCCCC4)NC(C4CCCC(C5CCCC(C#N)C5)C4)N3)C2)C1. The lowest BCUT2D eigenvalue weighted by molar-refractivity contribution is 0.0315. The molecule has 1 aliphatic heterocycles. The van der Waals surface area contributed by atoms with Crippen LogP contribution in [0.4, 0.5) is 0 Å². The average molecular weight is 548 g/mol. The quantitative estimate of drug-likeness (QED) is 0.330. The van der Waals surface area contributed by atoms with Gasteiger partial charge in [-0.3, -0.25) is 16.0 Å². The number of nitriles is 2. The van der Waals surface area contributed by atoms with Crippen LogP contribution in [0.2, 0.25) is 0 Å². The molecule has 1 saturated heterocycles. The number of hydrogen-bond acceptors (Lipinski definition) is 5. The highest BCUT2D eigenvalue weighted by Gasteiger charge is 2.43. The minimum absolute atomic E-state index is 0.307. The van der Waals surface area contributed by atoms with Gasteiger partial charge in [-0.15, -0.1) is 0 Å². The summed E-state index contributed by atoms with van der Waals surface area (Å²) < 4.78 is 0. The first-order valence-electron chi connectivity index (χ1n) is 17.8. The number of nitrogens with one attached hydrogen (secondary N) is 3. The Morgan fingerprint density at radius 3 is 1.15 bits per heavy atom. The maximum absolute atomic E-state index is 9.61. The Hall–Kier alpha value is -1.14. The fourth-order valence-corrected chi connectivity index (χ4v) is 10.6. The van der Waals surface area contributed by atoms with E-state index in [-0.39, 0.29) is 0 Å². The molecule has 222 valence electrons. The molecular formula is C35H57N5. The van der Waals surface area contributed by atoms with Gasteiger partial charge < -0.3 is 0 Å². The Bertz CT molecular complexity index is 823. The third-order valence-corrected chi connectivity index (χ3v) is 12.8. The van der Waals surface area contributed by atoms with Crippen molar-refractivity contribution >= 4 is 0 Å². The van der Waals surface area contributed by atoms with Crippen molar-refractivity contribution in [3.8, 4) is 12.1 Å². The van der Waals surface area contributed by atoms with Crippen molar-refractivity contribution in [1.29, 1.82) is 10.5 Å². The molecule has 6 fully saturated rings. The molecular weight excluding hydrogens is 490 g/mol. The van der Waals surface area contributed by atoms with Gasteiger partial charge in [-0.2, -0.15) is 10.5 Å². The van der Waals surface area contributed by atoms with Gasteiger partial charge in [-0.1, -0.05) is 70.6 Å². The van der Waals surface area contributed by atoms with E-state index in [2.05, 4.69) is 28.1 Å². The Balaban J connectivity index is 1.13. The third kappa shape index (κ3) is 6.90. The monoisotopic (exact) mass is 547 g/mol. The normalized spacial score (nSPS) is 45.7. The predicted molar refractivity (Wildman–Crippen MR) is 160 cm³/mol. The van der Waals surface area contributed by atoms with E-state index < -0.39 is 0 Å². The second kappa shape index (κ2) is 13.9. The lowest BCUT2D eigenvalue weighted by atomic mass is 9.67. The van der Waals surface area contributed by atoms with E-state index in [9.17, 15) is 10.5 Å². The Labute approximate surface area is 245 Å². The first kappa shape index (κ1) is 29.0. The van der Waals surface area contributed by atoms with E-state index in [0.717, 1.165) is 55.3 Å². The maximum Gasteiger partial charge on any atom is 0.0655 e. The summed E-state index contributed by atoms with van der Waals surface area (Å²) in [4.78, 5) is 0. The Kier molecular flexibility index (Phi) is 10.1. The minimum atomic E-state index is 0.307. The van der Waals surface area contributed by atoms with Crippen LogP contribution in [0.5, 0.6) is 0 Å². The van der Waals surface area contributed by atoms with Crippen molar-refractivity contribution in [2.75, 3.05) is 0 Å². The summed E-state index contributed by atoms with van der Waals surface area (Å²) >= 11 is 0. The zero-order chi connectivity index (χ0) is 27.3. The molecule has 40 heavy (non-hydrogen) atoms. The summed E-state index contributed by atoms with van der Waals surface area (Å²) in [6.45, 7) is 0. The number of hydrogen-bond donors (Lipinski definition) is 3. The molecule has 0 radical (unpaired) electrons. The van der Waals surface area contributed by atoms with E-state index in [1.807, 2.05) is 0 Å². The van der Waals surface area contributed by atoms with E-state index in [0.29, 0.717) is 42.2 Å². The van der Waals surface area contributed by atoms with Crippen LogP contribution >= 0.6 is 0 Å². The predicted octanol–water partition coefficient (Wildman–Crippen LogP) is 7.60. The second-order valence-electron chi connectivity index (χ2n) is 15.2. The van der Waals surface area contributed by atoms with Crippen LogP contribution in [-0.2, 0) is 0 Å².